The summed E-state index contributed by atoms with van der Waals surface area (Å²) in [5, 5.41) is 6.30. The van der Waals surface area contributed by atoms with E-state index < -0.39 is 0 Å². The van der Waals surface area contributed by atoms with Crippen LogP contribution in [0, 0.1) is 0 Å². The van der Waals surface area contributed by atoms with Crippen LogP contribution in [-0.4, -0.2) is 24.5 Å². The standard InChI is InChI=1S/C12H22N2O/c1-10(2)14-12(15)8-9-13-11-6-4-3-5-7-11/h3-4,10-11,13H,5-9H2,1-2H3,(H,14,15). The lowest BCUT2D eigenvalue weighted by atomic mass is 10.0. The van der Waals surface area contributed by atoms with Crippen molar-refractivity contribution in [1.82, 2.24) is 10.6 Å². The minimum atomic E-state index is 0.142. The number of allylic oxidation sites excluding steroid dienone is 1. The van der Waals surface area contributed by atoms with Crippen LogP contribution in [0.4, 0.5) is 0 Å². The van der Waals surface area contributed by atoms with Crippen molar-refractivity contribution < 1.29 is 4.79 Å². The van der Waals surface area contributed by atoms with Crippen molar-refractivity contribution >= 4 is 5.91 Å². The molecule has 0 aliphatic heterocycles. The lowest BCUT2D eigenvalue weighted by molar-refractivity contribution is -0.121. The fourth-order valence-corrected chi connectivity index (χ4v) is 1.76. The first-order chi connectivity index (χ1) is 7.18. The van der Waals surface area contributed by atoms with Crippen LogP contribution in [0.15, 0.2) is 12.2 Å². The summed E-state index contributed by atoms with van der Waals surface area (Å²) in [7, 11) is 0. The highest BCUT2D eigenvalue weighted by molar-refractivity contribution is 5.76. The molecule has 0 radical (unpaired) electrons. The topological polar surface area (TPSA) is 41.1 Å². The zero-order valence-corrected chi connectivity index (χ0v) is 9.75. The fourth-order valence-electron chi connectivity index (χ4n) is 1.76. The van der Waals surface area contributed by atoms with E-state index in [0.717, 1.165) is 19.4 Å². The predicted molar refractivity (Wildman–Crippen MR) is 62.7 cm³/mol. The molecule has 0 bridgehead atoms. The van der Waals surface area contributed by atoms with Gasteiger partial charge >= 0.3 is 0 Å². The number of nitrogens with one attached hydrogen (secondary N) is 2. The van der Waals surface area contributed by atoms with E-state index in [2.05, 4.69) is 22.8 Å². The van der Waals surface area contributed by atoms with E-state index in [1.165, 1.54) is 6.42 Å². The lowest BCUT2D eigenvalue weighted by Crippen LogP contribution is -2.36. The second kappa shape index (κ2) is 6.62. The van der Waals surface area contributed by atoms with Crippen LogP contribution in [-0.2, 0) is 4.79 Å². The monoisotopic (exact) mass is 210 g/mol. The summed E-state index contributed by atoms with van der Waals surface area (Å²) in [6, 6.07) is 0.817. The number of rotatable bonds is 5. The van der Waals surface area contributed by atoms with Gasteiger partial charge in [-0.2, -0.15) is 0 Å². The zero-order chi connectivity index (χ0) is 11.1. The summed E-state index contributed by atoms with van der Waals surface area (Å²) >= 11 is 0. The first-order valence-corrected chi connectivity index (χ1v) is 5.86. The van der Waals surface area contributed by atoms with Gasteiger partial charge in [-0.25, -0.2) is 0 Å². The molecule has 1 rings (SSSR count). The van der Waals surface area contributed by atoms with E-state index in [0.29, 0.717) is 12.5 Å². The molecular formula is C12H22N2O. The van der Waals surface area contributed by atoms with Gasteiger partial charge in [0.25, 0.3) is 0 Å². The maximum Gasteiger partial charge on any atom is 0.221 e. The van der Waals surface area contributed by atoms with Crippen LogP contribution in [0.25, 0.3) is 0 Å². The molecular weight excluding hydrogens is 188 g/mol. The Kier molecular flexibility index (Phi) is 5.40. The van der Waals surface area contributed by atoms with Gasteiger partial charge in [0, 0.05) is 25.0 Å². The number of hydrogen-bond donors (Lipinski definition) is 2. The van der Waals surface area contributed by atoms with Gasteiger partial charge in [0.05, 0.1) is 0 Å². The highest BCUT2D eigenvalue weighted by Crippen LogP contribution is 2.09. The number of hydrogen-bond acceptors (Lipinski definition) is 2. The number of carbonyl (C=O) groups is 1. The van der Waals surface area contributed by atoms with Gasteiger partial charge in [-0.05, 0) is 33.1 Å². The van der Waals surface area contributed by atoms with Gasteiger partial charge in [0.2, 0.25) is 5.91 Å². The third-order valence-corrected chi connectivity index (χ3v) is 2.50. The van der Waals surface area contributed by atoms with Crippen molar-refractivity contribution in [2.75, 3.05) is 6.54 Å². The van der Waals surface area contributed by atoms with Crippen molar-refractivity contribution in [2.24, 2.45) is 0 Å². The molecule has 3 heteroatoms. The molecule has 1 aliphatic carbocycles. The second-order valence-corrected chi connectivity index (χ2v) is 4.41. The van der Waals surface area contributed by atoms with Crippen LogP contribution in [0.1, 0.15) is 39.5 Å². The van der Waals surface area contributed by atoms with E-state index in [1.807, 2.05) is 13.8 Å². The Bertz CT molecular complexity index is 224. The van der Waals surface area contributed by atoms with Crippen molar-refractivity contribution in [2.45, 2.75) is 51.6 Å². The molecule has 15 heavy (non-hydrogen) atoms. The molecule has 3 nitrogen and oxygen atoms in total. The average molecular weight is 210 g/mol. The third kappa shape index (κ3) is 5.57. The Morgan fingerprint density at radius 1 is 1.47 bits per heavy atom. The molecule has 0 saturated carbocycles. The summed E-state index contributed by atoms with van der Waals surface area (Å²) in [6.07, 6.45) is 8.49. The SMILES string of the molecule is CC(C)NC(=O)CCNC1CC=CCC1. The minimum Gasteiger partial charge on any atom is -0.354 e. The van der Waals surface area contributed by atoms with Gasteiger partial charge in [0.1, 0.15) is 0 Å². The minimum absolute atomic E-state index is 0.142. The molecule has 86 valence electrons. The number of carbonyl (C=O) groups excluding carboxylic acids is 1. The quantitative estimate of drug-likeness (QED) is 0.677. The van der Waals surface area contributed by atoms with E-state index in [4.69, 9.17) is 0 Å². The van der Waals surface area contributed by atoms with Gasteiger partial charge in [0.15, 0.2) is 0 Å². The summed E-state index contributed by atoms with van der Waals surface area (Å²) in [5.41, 5.74) is 0. The summed E-state index contributed by atoms with van der Waals surface area (Å²) < 4.78 is 0. The highest BCUT2D eigenvalue weighted by Gasteiger charge is 2.09. The van der Waals surface area contributed by atoms with Gasteiger partial charge in [-0.1, -0.05) is 12.2 Å². The Hall–Kier alpha value is -0.830. The predicted octanol–water partition coefficient (Wildman–Crippen LogP) is 1.60. The van der Waals surface area contributed by atoms with Crippen molar-refractivity contribution in [1.29, 1.82) is 0 Å². The van der Waals surface area contributed by atoms with Crippen LogP contribution in [0.5, 0.6) is 0 Å². The third-order valence-electron chi connectivity index (χ3n) is 2.50. The molecule has 1 unspecified atom stereocenters. The maximum absolute atomic E-state index is 11.3. The Labute approximate surface area is 92.3 Å². The molecule has 0 aromatic carbocycles. The first-order valence-electron chi connectivity index (χ1n) is 5.86. The Morgan fingerprint density at radius 2 is 2.27 bits per heavy atom. The van der Waals surface area contributed by atoms with Crippen molar-refractivity contribution in [3.8, 4) is 0 Å². The van der Waals surface area contributed by atoms with Crippen LogP contribution in [0.3, 0.4) is 0 Å². The Balaban J connectivity index is 2.05. The van der Waals surface area contributed by atoms with E-state index >= 15 is 0 Å². The summed E-state index contributed by atoms with van der Waals surface area (Å²) in [6.45, 7) is 4.76. The second-order valence-electron chi connectivity index (χ2n) is 4.41. The normalized spacial score (nSPS) is 20.6. The first kappa shape index (κ1) is 12.2. The molecule has 0 spiro atoms. The van der Waals surface area contributed by atoms with E-state index in [-0.39, 0.29) is 11.9 Å². The molecule has 1 amide bonds. The van der Waals surface area contributed by atoms with Gasteiger partial charge < -0.3 is 10.6 Å². The summed E-state index contributed by atoms with van der Waals surface area (Å²) in [5.74, 6) is 0.142. The number of amides is 1. The summed E-state index contributed by atoms with van der Waals surface area (Å²) in [4.78, 5) is 11.3. The lowest BCUT2D eigenvalue weighted by Gasteiger charge is -2.19. The van der Waals surface area contributed by atoms with Gasteiger partial charge in [-0.3, -0.25) is 4.79 Å². The van der Waals surface area contributed by atoms with Crippen LogP contribution in [0.2, 0.25) is 0 Å². The molecule has 1 aliphatic rings. The van der Waals surface area contributed by atoms with Crippen molar-refractivity contribution in [3.05, 3.63) is 12.2 Å². The molecule has 0 saturated heterocycles. The average Bonchev–Trinajstić information content (AvgIpc) is 2.18. The van der Waals surface area contributed by atoms with E-state index in [9.17, 15) is 4.79 Å². The smallest absolute Gasteiger partial charge is 0.221 e. The van der Waals surface area contributed by atoms with E-state index in [1.54, 1.807) is 0 Å². The molecule has 0 heterocycles. The largest absolute Gasteiger partial charge is 0.354 e. The molecule has 0 aromatic heterocycles. The highest BCUT2D eigenvalue weighted by atomic mass is 16.1. The van der Waals surface area contributed by atoms with Crippen LogP contribution < -0.4 is 10.6 Å². The molecule has 0 aromatic rings. The zero-order valence-electron chi connectivity index (χ0n) is 9.75. The molecule has 2 N–H and O–H groups in total. The van der Waals surface area contributed by atoms with Crippen molar-refractivity contribution in [3.63, 3.8) is 0 Å². The fraction of sp³-hybridized carbons (Fsp3) is 0.750. The molecule has 1 atom stereocenters. The van der Waals surface area contributed by atoms with Crippen LogP contribution >= 0.6 is 0 Å². The molecule has 0 fully saturated rings. The maximum atomic E-state index is 11.3. The van der Waals surface area contributed by atoms with Gasteiger partial charge in [-0.15, -0.1) is 0 Å². The Morgan fingerprint density at radius 3 is 2.87 bits per heavy atom.